The topological polar surface area (TPSA) is 80.3 Å². The highest BCUT2D eigenvalue weighted by Crippen LogP contribution is 2.59. The van der Waals surface area contributed by atoms with Crippen LogP contribution in [0.5, 0.6) is 0 Å². The van der Waals surface area contributed by atoms with Crippen molar-refractivity contribution in [1.82, 2.24) is 0 Å². The molecule has 1 aliphatic rings. The molecule has 236 valence electrons. The zero-order valence-corrected chi connectivity index (χ0v) is 25.0. The predicted molar refractivity (Wildman–Crippen MR) is 161 cm³/mol. The van der Waals surface area contributed by atoms with Crippen LogP contribution in [0.15, 0.2) is 121 Å². The van der Waals surface area contributed by atoms with Crippen molar-refractivity contribution in [3.63, 3.8) is 0 Å². The maximum absolute atomic E-state index is 14.9. The number of benzene rings is 4. The summed E-state index contributed by atoms with van der Waals surface area (Å²) < 4.78 is 85.4. The summed E-state index contributed by atoms with van der Waals surface area (Å²) in [6.07, 6.45) is -9.03. The van der Waals surface area contributed by atoms with Crippen LogP contribution in [0.2, 0.25) is 0 Å². The Morgan fingerprint density at radius 2 is 1.11 bits per heavy atom. The number of hydrogen-bond donors (Lipinski definition) is 0. The normalized spacial score (nSPS) is 23.4. The lowest BCUT2D eigenvalue weighted by Gasteiger charge is -2.45. The summed E-state index contributed by atoms with van der Waals surface area (Å²) in [5.74, 6) is -4.50. The van der Waals surface area contributed by atoms with E-state index < -0.39 is 43.7 Å². The molecule has 0 radical (unpaired) electrons. The number of alkyl halides is 3. The van der Waals surface area contributed by atoms with E-state index in [2.05, 4.69) is 0 Å². The van der Waals surface area contributed by atoms with E-state index in [9.17, 15) is 22.5 Å². The van der Waals surface area contributed by atoms with E-state index in [0.29, 0.717) is 5.56 Å². The quantitative estimate of drug-likeness (QED) is 0.124. The molecule has 0 spiro atoms. The number of ether oxygens (including phenoxy) is 4. The maximum atomic E-state index is 14.9. The number of esters is 1. The summed E-state index contributed by atoms with van der Waals surface area (Å²) in [4.78, 5) is 12.3. The van der Waals surface area contributed by atoms with Crippen LogP contribution in [0.3, 0.4) is 0 Å². The average Bonchev–Trinajstić information content (AvgIpc) is 3.06. The lowest BCUT2D eigenvalue weighted by Crippen LogP contribution is -2.57. The lowest BCUT2D eigenvalue weighted by atomic mass is 10.1. The number of rotatable bonds is 12. The molecule has 0 amide bonds. The van der Waals surface area contributed by atoms with Gasteiger partial charge in [0.05, 0.1) is 26.4 Å². The van der Waals surface area contributed by atoms with Crippen molar-refractivity contribution < 1.29 is 46.0 Å². The van der Waals surface area contributed by atoms with E-state index in [1.54, 1.807) is 48.5 Å². The molecule has 1 aliphatic heterocycles. The zero-order valence-electron chi connectivity index (χ0n) is 24.1. The fraction of sp³-hybridized carbons (Fsp3) is 0.265. The first-order chi connectivity index (χ1) is 21.7. The average molecular weight is 641 g/mol. The third kappa shape index (κ3) is 8.48. The van der Waals surface area contributed by atoms with Gasteiger partial charge in [0, 0.05) is 5.30 Å². The summed E-state index contributed by atoms with van der Waals surface area (Å²) in [7, 11) is -4.41. The predicted octanol–water partition coefficient (Wildman–Crippen LogP) is 6.81. The molecule has 1 heterocycles. The second kappa shape index (κ2) is 15.0. The van der Waals surface area contributed by atoms with E-state index in [1.165, 1.54) is 12.1 Å². The van der Waals surface area contributed by atoms with Crippen molar-refractivity contribution in [1.29, 1.82) is 0 Å². The van der Waals surface area contributed by atoms with Gasteiger partial charge in [-0.1, -0.05) is 109 Å². The Kier molecular flexibility index (Phi) is 10.9. The highest BCUT2D eigenvalue weighted by Gasteiger charge is 2.58. The Labute approximate surface area is 259 Å². The smallest absolute Gasteiger partial charge is 0.442 e. The van der Waals surface area contributed by atoms with E-state index in [0.717, 1.165) is 11.1 Å². The van der Waals surface area contributed by atoms with E-state index in [1.807, 2.05) is 60.7 Å². The summed E-state index contributed by atoms with van der Waals surface area (Å²) in [6, 6.07) is 35.1. The van der Waals surface area contributed by atoms with Gasteiger partial charge in [-0.05, 0) is 28.8 Å². The van der Waals surface area contributed by atoms with Gasteiger partial charge in [-0.25, -0.2) is 4.79 Å². The first-order valence-electron chi connectivity index (χ1n) is 14.3. The van der Waals surface area contributed by atoms with Gasteiger partial charge >= 0.3 is 12.1 Å². The molecule has 45 heavy (non-hydrogen) atoms. The van der Waals surface area contributed by atoms with Gasteiger partial charge in [-0.15, -0.1) is 0 Å². The Morgan fingerprint density at radius 3 is 1.60 bits per heavy atom. The SMILES string of the molecule is O=C(O[C@@H]1[C@@H](OCc2ccccc2)[C@H](OCc2ccccc2)[C@@H](COCc2ccccc2)O[P@@]1(=O)c1ccccc1)C(F)(F)F. The fourth-order valence-electron chi connectivity index (χ4n) is 4.95. The molecular weight excluding hydrogens is 608 g/mol. The van der Waals surface area contributed by atoms with E-state index in [4.69, 9.17) is 23.5 Å². The molecule has 5 rings (SSSR count). The Balaban J connectivity index is 1.54. The number of carbonyl (C=O) groups excluding carboxylic acids is 1. The summed E-state index contributed by atoms with van der Waals surface area (Å²) >= 11 is 0. The molecule has 1 saturated heterocycles. The van der Waals surface area contributed by atoms with Crippen LogP contribution in [0, 0.1) is 0 Å². The van der Waals surface area contributed by atoms with Gasteiger partial charge in [0.2, 0.25) is 5.85 Å². The van der Waals surface area contributed by atoms with Crippen LogP contribution in [0.4, 0.5) is 13.2 Å². The highest BCUT2D eigenvalue weighted by atomic mass is 31.2. The Morgan fingerprint density at radius 1 is 0.667 bits per heavy atom. The second-order valence-corrected chi connectivity index (χ2v) is 12.8. The van der Waals surface area contributed by atoms with Gasteiger partial charge < -0.3 is 23.5 Å². The van der Waals surface area contributed by atoms with Gasteiger partial charge in [-0.2, -0.15) is 13.2 Å². The van der Waals surface area contributed by atoms with Crippen LogP contribution in [-0.4, -0.2) is 42.9 Å². The summed E-state index contributed by atoms with van der Waals surface area (Å²) in [6.45, 7) is -0.0337. The molecule has 0 saturated carbocycles. The molecule has 4 aromatic rings. The summed E-state index contributed by atoms with van der Waals surface area (Å²) in [5.41, 5.74) is 2.33. The van der Waals surface area contributed by atoms with Crippen molar-refractivity contribution in [3.05, 3.63) is 138 Å². The molecule has 4 aromatic carbocycles. The molecule has 1 fully saturated rings. The van der Waals surface area contributed by atoms with Crippen molar-refractivity contribution in [2.75, 3.05) is 6.61 Å². The number of carbonyl (C=O) groups is 1. The first-order valence-corrected chi connectivity index (χ1v) is 16.0. The molecule has 11 heteroatoms. The van der Waals surface area contributed by atoms with Crippen molar-refractivity contribution in [3.8, 4) is 0 Å². The number of halogens is 3. The van der Waals surface area contributed by atoms with Gasteiger partial charge in [0.15, 0.2) is 0 Å². The maximum Gasteiger partial charge on any atom is 0.490 e. The van der Waals surface area contributed by atoms with Crippen molar-refractivity contribution in [2.45, 2.75) is 50.2 Å². The summed E-state index contributed by atoms with van der Waals surface area (Å²) in [5, 5.41) is 0.0628. The number of hydrogen-bond acceptors (Lipinski definition) is 7. The highest BCUT2D eigenvalue weighted by molar-refractivity contribution is 7.67. The molecule has 5 atom stereocenters. The molecule has 0 bridgehead atoms. The molecular formula is C34H32F3O7P. The second-order valence-electron chi connectivity index (χ2n) is 10.4. The van der Waals surface area contributed by atoms with E-state index in [-0.39, 0.29) is 31.7 Å². The standard InChI is InChI=1S/C34H32F3O7P/c35-34(36,37)33(38)43-32-31(42-23-27-17-9-3-10-18-27)30(41-22-26-15-7-2-8-16-26)29(24-40-21-25-13-5-1-6-14-25)44-45(32,39)28-19-11-4-12-20-28/h1-20,29-32H,21-24H2/t29-,30-,31+,32+,45+/m1/s1. The Hall–Kier alpha value is -3.79. The Bertz CT molecular complexity index is 1540. The van der Waals surface area contributed by atoms with Crippen LogP contribution in [0.25, 0.3) is 0 Å². The van der Waals surface area contributed by atoms with Gasteiger partial charge in [0.25, 0.3) is 7.37 Å². The third-order valence-corrected chi connectivity index (χ3v) is 9.81. The molecule has 0 aromatic heterocycles. The van der Waals surface area contributed by atoms with Gasteiger partial charge in [0.1, 0.15) is 18.3 Å². The minimum Gasteiger partial charge on any atom is -0.442 e. The zero-order chi connectivity index (χ0) is 31.7. The monoisotopic (exact) mass is 640 g/mol. The van der Waals surface area contributed by atoms with Crippen molar-refractivity contribution >= 4 is 18.6 Å². The first kappa shape index (κ1) is 32.6. The minimum absolute atomic E-state index is 0.0187. The van der Waals surface area contributed by atoms with Crippen LogP contribution in [0.1, 0.15) is 16.7 Å². The van der Waals surface area contributed by atoms with Crippen LogP contribution < -0.4 is 5.30 Å². The minimum atomic E-state index is -5.36. The lowest BCUT2D eigenvalue weighted by molar-refractivity contribution is -0.219. The third-order valence-electron chi connectivity index (χ3n) is 7.14. The fourth-order valence-corrected chi connectivity index (χ4v) is 7.53. The van der Waals surface area contributed by atoms with E-state index >= 15 is 0 Å². The largest absolute Gasteiger partial charge is 0.490 e. The van der Waals surface area contributed by atoms with Crippen LogP contribution >= 0.6 is 7.37 Å². The molecule has 0 N–H and O–H groups in total. The van der Waals surface area contributed by atoms with Crippen molar-refractivity contribution in [2.24, 2.45) is 0 Å². The molecule has 0 unspecified atom stereocenters. The van der Waals surface area contributed by atoms with Crippen LogP contribution in [-0.2, 0) is 52.7 Å². The molecule has 7 nitrogen and oxygen atoms in total. The van der Waals surface area contributed by atoms with Gasteiger partial charge in [-0.3, -0.25) is 4.57 Å². The molecule has 0 aliphatic carbocycles.